The quantitative estimate of drug-likeness (QED) is 0.848. The first-order valence-electron chi connectivity index (χ1n) is 8.24. The fourth-order valence-electron chi connectivity index (χ4n) is 3.29. The highest BCUT2D eigenvalue weighted by atomic mass is 16.5. The van der Waals surface area contributed by atoms with Crippen LogP contribution >= 0.6 is 0 Å². The molecule has 1 aliphatic heterocycles. The molecule has 122 valence electrons. The zero-order valence-corrected chi connectivity index (χ0v) is 13.8. The minimum atomic E-state index is -0.356. The number of nitrogens with one attached hydrogen (secondary N) is 1. The second-order valence-corrected chi connectivity index (χ2v) is 7.03. The first-order chi connectivity index (χ1) is 10.5. The number of methoxy groups -OCH3 is 1. The van der Waals surface area contributed by atoms with Gasteiger partial charge in [0, 0.05) is 24.4 Å². The van der Waals surface area contributed by atoms with Crippen molar-refractivity contribution in [2.75, 3.05) is 26.8 Å². The molecule has 1 saturated carbocycles. The van der Waals surface area contributed by atoms with Gasteiger partial charge in [-0.25, -0.2) is 0 Å². The van der Waals surface area contributed by atoms with Gasteiger partial charge in [-0.3, -0.25) is 0 Å². The van der Waals surface area contributed by atoms with Crippen LogP contribution in [-0.4, -0.2) is 38.0 Å². The van der Waals surface area contributed by atoms with Gasteiger partial charge >= 0.3 is 0 Å². The highest BCUT2D eigenvalue weighted by Crippen LogP contribution is 2.44. The van der Waals surface area contributed by atoms with E-state index in [1.54, 1.807) is 7.11 Å². The Morgan fingerprint density at radius 3 is 2.77 bits per heavy atom. The van der Waals surface area contributed by atoms with Crippen LogP contribution in [0.1, 0.15) is 38.2 Å². The number of ether oxygens (including phenoxy) is 2. The second-order valence-electron chi connectivity index (χ2n) is 7.03. The lowest BCUT2D eigenvalue weighted by Crippen LogP contribution is -2.36. The van der Waals surface area contributed by atoms with Crippen molar-refractivity contribution in [1.82, 2.24) is 5.32 Å². The Hall–Kier alpha value is -1.26. The normalized spacial score (nSPS) is 29.4. The van der Waals surface area contributed by atoms with E-state index in [-0.39, 0.29) is 17.4 Å². The molecule has 1 saturated heterocycles. The number of hydrogen-bond donors (Lipinski definition) is 2. The Balaban J connectivity index is 1.84. The zero-order valence-electron chi connectivity index (χ0n) is 13.8. The lowest BCUT2D eigenvalue weighted by atomic mass is 9.72. The van der Waals surface area contributed by atoms with E-state index >= 15 is 0 Å². The highest BCUT2D eigenvalue weighted by molar-refractivity contribution is 5.45. The summed E-state index contributed by atoms with van der Waals surface area (Å²) in [7, 11) is 1.68. The fourth-order valence-corrected chi connectivity index (χ4v) is 3.29. The van der Waals surface area contributed by atoms with Crippen molar-refractivity contribution < 1.29 is 14.6 Å². The molecule has 22 heavy (non-hydrogen) atoms. The average molecular weight is 305 g/mol. The first-order valence-corrected chi connectivity index (χ1v) is 8.24. The van der Waals surface area contributed by atoms with E-state index in [0.29, 0.717) is 5.92 Å². The number of benzene rings is 1. The van der Waals surface area contributed by atoms with Crippen molar-refractivity contribution in [3.63, 3.8) is 0 Å². The van der Waals surface area contributed by atoms with Gasteiger partial charge in [-0.2, -0.15) is 0 Å². The number of aliphatic hydroxyl groups excluding tert-OH is 1. The van der Waals surface area contributed by atoms with Crippen LogP contribution < -0.4 is 14.8 Å². The summed E-state index contributed by atoms with van der Waals surface area (Å²) in [4.78, 5) is 0. The molecule has 0 bridgehead atoms. The molecule has 2 fully saturated rings. The van der Waals surface area contributed by atoms with Crippen LogP contribution in [0.3, 0.4) is 0 Å². The summed E-state index contributed by atoms with van der Waals surface area (Å²) in [5, 5.41) is 13.6. The van der Waals surface area contributed by atoms with Crippen LogP contribution in [0.25, 0.3) is 0 Å². The zero-order chi connectivity index (χ0) is 15.7. The van der Waals surface area contributed by atoms with Gasteiger partial charge in [0.1, 0.15) is 0 Å². The molecule has 0 unspecified atom stereocenters. The van der Waals surface area contributed by atoms with Crippen molar-refractivity contribution >= 4 is 0 Å². The number of aliphatic hydroxyl groups is 1. The molecule has 0 radical (unpaired) electrons. The predicted octanol–water partition coefficient (Wildman–Crippen LogP) is 2.56. The van der Waals surface area contributed by atoms with Gasteiger partial charge in [-0.15, -0.1) is 0 Å². The summed E-state index contributed by atoms with van der Waals surface area (Å²) < 4.78 is 11.4. The molecule has 2 N–H and O–H groups in total. The van der Waals surface area contributed by atoms with Gasteiger partial charge in [-0.1, -0.05) is 13.0 Å². The molecule has 4 nitrogen and oxygen atoms in total. The molecular weight excluding hydrogens is 278 g/mol. The van der Waals surface area contributed by atoms with Gasteiger partial charge in [0.25, 0.3) is 0 Å². The van der Waals surface area contributed by atoms with Crippen molar-refractivity contribution in [2.45, 2.75) is 38.7 Å². The molecule has 1 heterocycles. The van der Waals surface area contributed by atoms with E-state index in [1.165, 1.54) is 18.4 Å². The van der Waals surface area contributed by atoms with E-state index in [1.807, 2.05) is 13.0 Å². The van der Waals surface area contributed by atoms with Gasteiger partial charge in [-0.05, 0) is 43.4 Å². The van der Waals surface area contributed by atoms with Crippen LogP contribution in [0.2, 0.25) is 0 Å². The Labute approximate surface area is 132 Å². The van der Waals surface area contributed by atoms with Crippen LogP contribution in [0.4, 0.5) is 0 Å². The Morgan fingerprint density at radius 1 is 1.36 bits per heavy atom. The minimum Gasteiger partial charge on any atom is -0.493 e. The van der Waals surface area contributed by atoms with Crippen LogP contribution in [0, 0.1) is 11.3 Å². The largest absolute Gasteiger partial charge is 0.493 e. The molecular formula is C18H27NO3. The van der Waals surface area contributed by atoms with E-state index in [0.717, 1.165) is 31.2 Å². The third-order valence-corrected chi connectivity index (χ3v) is 5.37. The Morgan fingerprint density at radius 2 is 2.14 bits per heavy atom. The molecule has 0 aromatic heterocycles. The standard InChI is InChI=1S/C18H27NO3/c1-12(20)18(2)11-19-9-15(18)14-6-7-16(21-3)17(8-14)22-10-13-4-5-13/h6-8,12-13,15,19-20H,4-5,9-11H2,1-3H3/t12-,15-,18+/m1/s1. The molecule has 0 amide bonds. The summed E-state index contributed by atoms with van der Waals surface area (Å²) in [5.74, 6) is 2.60. The lowest BCUT2D eigenvalue weighted by Gasteiger charge is -2.34. The van der Waals surface area contributed by atoms with Crippen molar-refractivity contribution in [2.24, 2.45) is 11.3 Å². The van der Waals surface area contributed by atoms with E-state index in [9.17, 15) is 5.11 Å². The van der Waals surface area contributed by atoms with Crippen molar-refractivity contribution in [1.29, 1.82) is 0 Å². The Kier molecular flexibility index (Phi) is 4.33. The summed E-state index contributed by atoms with van der Waals surface area (Å²) in [6.07, 6.45) is 2.19. The molecule has 3 atom stereocenters. The molecule has 2 aliphatic rings. The molecule has 0 spiro atoms. The highest BCUT2D eigenvalue weighted by Gasteiger charge is 2.43. The van der Waals surface area contributed by atoms with Gasteiger partial charge in [0.2, 0.25) is 0 Å². The minimum absolute atomic E-state index is 0.150. The molecule has 3 rings (SSSR count). The second kappa shape index (κ2) is 6.09. The molecule has 1 aliphatic carbocycles. The van der Waals surface area contributed by atoms with Gasteiger partial charge in [0.05, 0.1) is 19.8 Å². The number of rotatable bonds is 6. The monoisotopic (exact) mass is 305 g/mol. The summed E-state index contributed by atoms with van der Waals surface area (Å²) in [5.41, 5.74) is 1.06. The van der Waals surface area contributed by atoms with Gasteiger partial charge < -0.3 is 19.9 Å². The molecule has 1 aromatic rings. The molecule has 4 heteroatoms. The lowest BCUT2D eigenvalue weighted by molar-refractivity contribution is 0.0549. The average Bonchev–Trinajstić information content (AvgIpc) is 3.25. The third-order valence-electron chi connectivity index (χ3n) is 5.37. The topological polar surface area (TPSA) is 50.7 Å². The van der Waals surface area contributed by atoms with Gasteiger partial charge in [0.15, 0.2) is 11.5 Å². The van der Waals surface area contributed by atoms with E-state index in [2.05, 4.69) is 24.4 Å². The van der Waals surface area contributed by atoms with Crippen LogP contribution in [0.15, 0.2) is 18.2 Å². The molecule has 1 aromatic carbocycles. The smallest absolute Gasteiger partial charge is 0.161 e. The van der Waals surface area contributed by atoms with Crippen LogP contribution in [-0.2, 0) is 0 Å². The van der Waals surface area contributed by atoms with E-state index in [4.69, 9.17) is 9.47 Å². The summed E-state index contributed by atoms with van der Waals surface area (Å²) in [6, 6.07) is 6.18. The Bertz CT molecular complexity index is 527. The van der Waals surface area contributed by atoms with Crippen molar-refractivity contribution in [3.05, 3.63) is 23.8 Å². The maximum atomic E-state index is 10.2. The fraction of sp³-hybridized carbons (Fsp3) is 0.667. The van der Waals surface area contributed by atoms with Crippen LogP contribution in [0.5, 0.6) is 11.5 Å². The summed E-state index contributed by atoms with van der Waals surface area (Å²) in [6.45, 7) is 6.52. The predicted molar refractivity (Wildman–Crippen MR) is 86.6 cm³/mol. The number of hydrogen-bond acceptors (Lipinski definition) is 4. The summed E-state index contributed by atoms with van der Waals surface area (Å²) >= 11 is 0. The van der Waals surface area contributed by atoms with Crippen molar-refractivity contribution in [3.8, 4) is 11.5 Å². The first kappa shape index (κ1) is 15.6. The maximum absolute atomic E-state index is 10.2. The SMILES string of the molecule is COc1ccc([C@H]2CNC[C@@]2(C)[C@@H](C)O)cc1OCC1CC1. The third kappa shape index (κ3) is 2.95. The maximum Gasteiger partial charge on any atom is 0.161 e. The van der Waals surface area contributed by atoms with E-state index < -0.39 is 0 Å².